The number of rotatable bonds is 9. The van der Waals surface area contributed by atoms with Crippen LogP contribution in [0.3, 0.4) is 0 Å². The highest BCUT2D eigenvalue weighted by Gasteiger charge is 2.12. The van der Waals surface area contributed by atoms with Crippen LogP contribution >= 0.6 is 11.8 Å². The van der Waals surface area contributed by atoms with Gasteiger partial charge in [-0.05, 0) is 43.0 Å². The number of nitrogens with two attached hydrogens (primary N) is 1. The summed E-state index contributed by atoms with van der Waals surface area (Å²) in [5, 5.41) is 3.07. The molecule has 0 aromatic heterocycles. The van der Waals surface area contributed by atoms with E-state index in [0.717, 1.165) is 19.4 Å². The highest BCUT2D eigenvalue weighted by Crippen LogP contribution is 2.28. The van der Waals surface area contributed by atoms with Gasteiger partial charge in [-0.25, -0.2) is 8.78 Å². The number of unbranched alkanes of at least 4 members (excludes halogenated alkanes) is 3. The van der Waals surface area contributed by atoms with Gasteiger partial charge in [0.15, 0.2) is 0 Å². The van der Waals surface area contributed by atoms with Crippen LogP contribution in [0.5, 0.6) is 0 Å². The smallest absolute Gasteiger partial charge is 0.265 e. The molecule has 0 radical (unpaired) electrons. The molecular formula is C14H22F2N2S. The Morgan fingerprint density at radius 1 is 1.21 bits per heavy atom. The molecular weight excluding hydrogens is 266 g/mol. The van der Waals surface area contributed by atoms with E-state index in [1.165, 1.54) is 24.7 Å². The van der Waals surface area contributed by atoms with Gasteiger partial charge in [0.1, 0.15) is 0 Å². The minimum Gasteiger partial charge on any atom is -0.399 e. The van der Waals surface area contributed by atoms with Gasteiger partial charge in [-0.2, -0.15) is 11.8 Å². The van der Waals surface area contributed by atoms with Crippen LogP contribution in [0.4, 0.5) is 20.2 Å². The largest absolute Gasteiger partial charge is 0.399 e. The molecule has 5 heteroatoms. The highest BCUT2D eigenvalue weighted by molar-refractivity contribution is 7.98. The zero-order valence-corrected chi connectivity index (χ0v) is 12.1. The van der Waals surface area contributed by atoms with Crippen molar-refractivity contribution in [2.75, 3.05) is 29.6 Å². The maximum Gasteiger partial charge on any atom is 0.265 e. The first kappa shape index (κ1) is 16.1. The standard InChI is InChI=1S/C14H22F2N2S/c1-19-9-5-3-2-4-8-18-13-7-6-11(17)10-12(13)14(15)16/h6-7,10,14,18H,2-5,8-9,17H2,1H3. The Morgan fingerprint density at radius 2 is 1.95 bits per heavy atom. The Bertz CT molecular complexity index is 372. The quantitative estimate of drug-likeness (QED) is 0.517. The third-order valence-electron chi connectivity index (χ3n) is 2.90. The number of halogens is 2. The molecule has 1 aromatic rings. The van der Waals surface area contributed by atoms with E-state index in [9.17, 15) is 8.78 Å². The molecule has 0 bridgehead atoms. The number of hydrogen-bond acceptors (Lipinski definition) is 3. The predicted molar refractivity (Wildman–Crippen MR) is 81.2 cm³/mol. The minimum absolute atomic E-state index is 0.0117. The second-order valence-corrected chi connectivity index (χ2v) is 5.47. The van der Waals surface area contributed by atoms with E-state index in [4.69, 9.17) is 5.73 Å². The number of thioether (sulfide) groups is 1. The fraction of sp³-hybridized carbons (Fsp3) is 0.571. The maximum atomic E-state index is 12.8. The summed E-state index contributed by atoms with van der Waals surface area (Å²) in [4.78, 5) is 0. The summed E-state index contributed by atoms with van der Waals surface area (Å²) in [5.41, 5.74) is 6.38. The monoisotopic (exact) mass is 288 g/mol. The lowest BCUT2D eigenvalue weighted by molar-refractivity contribution is 0.152. The predicted octanol–water partition coefficient (Wildman–Crippen LogP) is 4.54. The maximum absolute atomic E-state index is 12.8. The Morgan fingerprint density at radius 3 is 2.63 bits per heavy atom. The molecule has 0 saturated carbocycles. The lowest BCUT2D eigenvalue weighted by atomic mass is 10.1. The Balaban J connectivity index is 2.33. The van der Waals surface area contributed by atoms with E-state index in [0.29, 0.717) is 11.4 Å². The first-order chi connectivity index (χ1) is 9.15. The van der Waals surface area contributed by atoms with Gasteiger partial charge < -0.3 is 11.1 Å². The van der Waals surface area contributed by atoms with Gasteiger partial charge in [-0.1, -0.05) is 12.8 Å². The molecule has 2 nitrogen and oxygen atoms in total. The van der Waals surface area contributed by atoms with Gasteiger partial charge in [-0.15, -0.1) is 0 Å². The van der Waals surface area contributed by atoms with E-state index in [-0.39, 0.29) is 5.56 Å². The molecule has 0 aliphatic rings. The number of nitrogen functional groups attached to an aromatic ring is 1. The molecule has 0 atom stereocenters. The van der Waals surface area contributed by atoms with Crippen molar-refractivity contribution in [1.29, 1.82) is 0 Å². The van der Waals surface area contributed by atoms with E-state index in [1.807, 2.05) is 11.8 Å². The Hall–Kier alpha value is -0.970. The zero-order chi connectivity index (χ0) is 14.1. The van der Waals surface area contributed by atoms with Gasteiger partial charge in [0.2, 0.25) is 0 Å². The summed E-state index contributed by atoms with van der Waals surface area (Å²) >= 11 is 1.86. The van der Waals surface area contributed by atoms with E-state index in [1.54, 1.807) is 12.1 Å². The molecule has 1 aromatic carbocycles. The van der Waals surface area contributed by atoms with Crippen LogP contribution in [0.2, 0.25) is 0 Å². The summed E-state index contributed by atoms with van der Waals surface area (Å²) in [7, 11) is 0. The number of benzene rings is 1. The number of alkyl halides is 2. The van der Waals surface area contributed by atoms with E-state index in [2.05, 4.69) is 11.6 Å². The summed E-state index contributed by atoms with van der Waals surface area (Å²) in [6, 6.07) is 4.61. The molecule has 19 heavy (non-hydrogen) atoms. The fourth-order valence-electron chi connectivity index (χ4n) is 1.87. The first-order valence-corrected chi connectivity index (χ1v) is 7.95. The van der Waals surface area contributed by atoms with Crippen molar-refractivity contribution < 1.29 is 8.78 Å². The second-order valence-electron chi connectivity index (χ2n) is 4.48. The van der Waals surface area contributed by atoms with Crippen LogP contribution in [0.25, 0.3) is 0 Å². The van der Waals surface area contributed by atoms with Crippen molar-refractivity contribution in [3.63, 3.8) is 0 Å². The number of nitrogens with one attached hydrogen (secondary N) is 1. The van der Waals surface area contributed by atoms with Crippen LogP contribution in [0.1, 0.15) is 37.7 Å². The van der Waals surface area contributed by atoms with Crippen LogP contribution in [-0.2, 0) is 0 Å². The normalized spacial score (nSPS) is 10.9. The lowest BCUT2D eigenvalue weighted by Crippen LogP contribution is -2.05. The third-order valence-corrected chi connectivity index (χ3v) is 3.60. The molecule has 0 heterocycles. The SMILES string of the molecule is CSCCCCCCNc1ccc(N)cc1C(F)F. The van der Waals surface area contributed by atoms with Crippen molar-refractivity contribution >= 4 is 23.1 Å². The number of anilines is 2. The van der Waals surface area contributed by atoms with E-state index < -0.39 is 6.43 Å². The molecule has 0 spiro atoms. The molecule has 0 aliphatic heterocycles. The summed E-state index contributed by atoms with van der Waals surface area (Å²) in [6.07, 6.45) is 4.17. The Kier molecular flexibility index (Phi) is 7.63. The van der Waals surface area contributed by atoms with Gasteiger partial charge in [0, 0.05) is 23.5 Å². The van der Waals surface area contributed by atoms with Gasteiger partial charge in [-0.3, -0.25) is 0 Å². The Labute approximate surface area is 118 Å². The summed E-state index contributed by atoms with van der Waals surface area (Å²) < 4.78 is 25.6. The highest BCUT2D eigenvalue weighted by atomic mass is 32.2. The van der Waals surface area contributed by atoms with Crippen molar-refractivity contribution in [2.45, 2.75) is 32.1 Å². The van der Waals surface area contributed by atoms with Crippen LogP contribution < -0.4 is 11.1 Å². The van der Waals surface area contributed by atoms with Crippen molar-refractivity contribution in [2.24, 2.45) is 0 Å². The summed E-state index contributed by atoms with van der Waals surface area (Å²) in [5.74, 6) is 1.20. The number of hydrogen-bond donors (Lipinski definition) is 2. The van der Waals surface area contributed by atoms with Crippen LogP contribution in [0.15, 0.2) is 18.2 Å². The van der Waals surface area contributed by atoms with Crippen molar-refractivity contribution in [3.05, 3.63) is 23.8 Å². The lowest BCUT2D eigenvalue weighted by Gasteiger charge is -2.12. The minimum atomic E-state index is -2.49. The first-order valence-electron chi connectivity index (χ1n) is 6.55. The molecule has 0 unspecified atom stereocenters. The van der Waals surface area contributed by atoms with Crippen LogP contribution in [0, 0.1) is 0 Å². The molecule has 108 valence electrons. The van der Waals surface area contributed by atoms with Crippen molar-refractivity contribution in [1.82, 2.24) is 0 Å². The molecule has 0 aliphatic carbocycles. The van der Waals surface area contributed by atoms with Crippen LogP contribution in [-0.4, -0.2) is 18.6 Å². The molecule has 3 N–H and O–H groups in total. The van der Waals surface area contributed by atoms with Gasteiger partial charge in [0.25, 0.3) is 6.43 Å². The molecule has 0 amide bonds. The summed E-state index contributed by atoms with van der Waals surface area (Å²) in [6.45, 7) is 0.725. The molecule has 0 saturated heterocycles. The zero-order valence-electron chi connectivity index (χ0n) is 11.3. The molecule has 1 rings (SSSR count). The molecule has 0 fully saturated rings. The van der Waals surface area contributed by atoms with E-state index >= 15 is 0 Å². The van der Waals surface area contributed by atoms with Gasteiger partial charge in [0.05, 0.1) is 0 Å². The average Bonchev–Trinajstić information content (AvgIpc) is 2.39. The fourth-order valence-corrected chi connectivity index (χ4v) is 2.36. The van der Waals surface area contributed by atoms with Gasteiger partial charge >= 0.3 is 0 Å². The third kappa shape index (κ3) is 6.14. The average molecular weight is 288 g/mol. The topological polar surface area (TPSA) is 38.0 Å². The second kappa shape index (κ2) is 9.02. The van der Waals surface area contributed by atoms with Crippen molar-refractivity contribution in [3.8, 4) is 0 Å².